The Morgan fingerprint density at radius 3 is 2.29 bits per heavy atom. The molecule has 0 saturated carbocycles. The number of carbonyl (C=O) groups excluding carboxylic acids is 1. The Hall–Kier alpha value is -0.710. The van der Waals surface area contributed by atoms with Gasteiger partial charge in [-0.15, -0.1) is 0 Å². The molecule has 0 aromatic rings. The number of hydrogen-bond acceptors (Lipinski definition) is 3. The van der Waals surface area contributed by atoms with Gasteiger partial charge in [0.15, 0.2) is 0 Å². The van der Waals surface area contributed by atoms with Crippen LogP contribution in [0.15, 0.2) is 0 Å². The summed E-state index contributed by atoms with van der Waals surface area (Å²) in [4.78, 5) is 10.9. The maximum atomic E-state index is 12.8. The molecule has 0 aromatic carbocycles. The van der Waals surface area contributed by atoms with Crippen molar-refractivity contribution in [3.05, 3.63) is 0 Å². The Bertz CT molecular complexity index is 177. The van der Waals surface area contributed by atoms with Crippen molar-refractivity contribution < 1.29 is 23.0 Å². The molecule has 0 heterocycles. The smallest absolute Gasteiger partial charge is 0.308 e. The van der Waals surface area contributed by atoms with Gasteiger partial charge in [0.25, 0.3) is 5.92 Å². The van der Waals surface area contributed by atoms with E-state index in [2.05, 4.69) is 4.74 Å². The molecule has 0 saturated heterocycles. The molecule has 0 rings (SSSR count). The number of rotatable bonds is 6. The third kappa shape index (κ3) is 5.11. The van der Waals surface area contributed by atoms with E-state index in [4.69, 9.17) is 4.74 Å². The maximum Gasteiger partial charge on any atom is 0.308 e. The van der Waals surface area contributed by atoms with Crippen LogP contribution in [0.3, 0.4) is 0 Å². The summed E-state index contributed by atoms with van der Waals surface area (Å²) in [7, 11) is 0. The van der Waals surface area contributed by atoms with E-state index >= 15 is 0 Å². The Morgan fingerprint density at radius 2 is 1.93 bits per heavy atom. The summed E-state index contributed by atoms with van der Waals surface area (Å²) in [5, 5.41) is 0. The lowest BCUT2D eigenvalue weighted by atomic mass is 10.1. The van der Waals surface area contributed by atoms with Gasteiger partial charge in [-0.1, -0.05) is 0 Å². The number of hydrogen-bond donors (Lipinski definition) is 0. The summed E-state index contributed by atoms with van der Waals surface area (Å²) in [5.41, 5.74) is 0. The molecule has 0 bridgehead atoms. The number of ether oxygens (including phenoxy) is 2. The van der Waals surface area contributed by atoms with Gasteiger partial charge in [0, 0.05) is 13.5 Å². The third-order valence-electron chi connectivity index (χ3n) is 1.59. The highest BCUT2D eigenvalue weighted by molar-refractivity contribution is 5.70. The van der Waals surface area contributed by atoms with Gasteiger partial charge in [0.05, 0.1) is 13.0 Å². The van der Waals surface area contributed by atoms with Crippen molar-refractivity contribution >= 4 is 5.97 Å². The van der Waals surface area contributed by atoms with Crippen molar-refractivity contribution in [1.82, 2.24) is 0 Å². The third-order valence-corrected chi connectivity index (χ3v) is 1.59. The quantitative estimate of drug-likeness (QED) is 0.629. The second kappa shape index (κ2) is 5.90. The Morgan fingerprint density at radius 1 is 1.36 bits per heavy atom. The number of carbonyl (C=O) groups is 1. The highest BCUT2D eigenvalue weighted by Gasteiger charge is 2.36. The first-order valence-corrected chi connectivity index (χ1v) is 4.56. The van der Waals surface area contributed by atoms with Gasteiger partial charge < -0.3 is 9.47 Å². The van der Waals surface area contributed by atoms with Crippen molar-refractivity contribution in [2.75, 3.05) is 13.2 Å². The molecule has 1 atom stereocenters. The van der Waals surface area contributed by atoms with Crippen LogP contribution in [-0.4, -0.2) is 31.2 Å². The van der Waals surface area contributed by atoms with Crippen LogP contribution in [0.4, 0.5) is 8.78 Å². The molecular weight excluding hydrogens is 194 g/mol. The van der Waals surface area contributed by atoms with Gasteiger partial charge >= 0.3 is 5.97 Å². The summed E-state index contributed by atoms with van der Waals surface area (Å²) in [5.74, 6) is -3.68. The van der Waals surface area contributed by atoms with Crippen LogP contribution < -0.4 is 0 Å². The molecule has 14 heavy (non-hydrogen) atoms. The first-order chi connectivity index (χ1) is 6.41. The normalized spacial score (nSPS) is 13.8. The fraction of sp³-hybridized carbons (Fsp3) is 0.889. The van der Waals surface area contributed by atoms with Crippen LogP contribution in [0.25, 0.3) is 0 Å². The lowest BCUT2D eigenvalue weighted by Gasteiger charge is -2.22. The van der Waals surface area contributed by atoms with Crippen LogP contribution in [-0.2, 0) is 14.3 Å². The van der Waals surface area contributed by atoms with Crippen LogP contribution in [0.5, 0.6) is 0 Å². The highest BCUT2D eigenvalue weighted by Crippen LogP contribution is 2.23. The van der Waals surface area contributed by atoms with Crippen molar-refractivity contribution in [3.63, 3.8) is 0 Å². The Kier molecular flexibility index (Phi) is 5.60. The van der Waals surface area contributed by atoms with Crippen molar-refractivity contribution in [2.24, 2.45) is 0 Å². The Labute approximate surface area is 82.4 Å². The molecule has 0 aliphatic carbocycles. The first kappa shape index (κ1) is 13.3. The molecule has 84 valence electrons. The second-order valence-corrected chi connectivity index (χ2v) is 2.91. The minimum atomic E-state index is -3.03. The largest absolute Gasteiger partial charge is 0.466 e. The van der Waals surface area contributed by atoms with Crippen LogP contribution in [0.1, 0.15) is 27.2 Å². The topological polar surface area (TPSA) is 35.5 Å². The maximum absolute atomic E-state index is 12.8. The molecule has 0 aliphatic heterocycles. The molecule has 0 N–H and O–H groups in total. The monoisotopic (exact) mass is 210 g/mol. The first-order valence-electron chi connectivity index (χ1n) is 4.56. The SMILES string of the molecule is CCOC(=O)CC(OCC)C(C)(F)F. The van der Waals surface area contributed by atoms with E-state index < -0.39 is 24.4 Å². The summed E-state index contributed by atoms with van der Waals surface area (Å²) < 4.78 is 35.0. The van der Waals surface area contributed by atoms with Crippen LogP contribution in [0, 0.1) is 0 Å². The molecule has 3 nitrogen and oxygen atoms in total. The van der Waals surface area contributed by atoms with Crippen molar-refractivity contribution in [3.8, 4) is 0 Å². The fourth-order valence-corrected chi connectivity index (χ4v) is 0.957. The van der Waals surface area contributed by atoms with Gasteiger partial charge in [-0.25, -0.2) is 8.78 Å². The van der Waals surface area contributed by atoms with E-state index in [9.17, 15) is 13.6 Å². The van der Waals surface area contributed by atoms with Crippen molar-refractivity contribution in [1.29, 1.82) is 0 Å². The van der Waals surface area contributed by atoms with E-state index in [0.717, 1.165) is 6.92 Å². The number of halogens is 2. The van der Waals surface area contributed by atoms with Gasteiger partial charge in [-0.05, 0) is 13.8 Å². The van der Waals surface area contributed by atoms with E-state index in [1.807, 2.05) is 0 Å². The summed E-state index contributed by atoms with van der Waals surface area (Å²) in [6.45, 7) is 4.29. The minimum Gasteiger partial charge on any atom is -0.466 e. The number of esters is 1. The molecule has 0 amide bonds. The standard InChI is InChI=1S/C9H16F2O3/c1-4-13-7(9(3,10)11)6-8(12)14-5-2/h7H,4-6H2,1-3H3. The molecule has 1 unspecified atom stereocenters. The average Bonchev–Trinajstić information content (AvgIpc) is 2.02. The summed E-state index contributed by atoms with van der Waals surface area (Å²) in [6, 6.07) is 0. The number of alkyl halides is 2. The molecule has 0 spiro atoms. The van der Waals surface area contributed by atoms with Gasteiger partial charge in [0.1, 0.15) is 6.10 Å². The lowest BCUT2D eigenvalue weighted by molar-refractivity contribution is -0.160. The minimum absolute atomic E-state index is 0.146. The molecule has 5 heteroatoms. The predicted octanol–water partition coefficient (Wildman–Crippen LogP) is 2.00. The molecule has 0 radical (unpaired) electrons. The molecule has 0 aliphatic rings. The second-order valence-electron chi connectivity index (χ2n) is 2.91. The van der Waals surface area contributed by atoms with Crippen molar-refractivity contribution in [2.45, 2.75) is 39.2 Å². The fourth-order valence-electron chi connectivity index (χ4n) is 0.957. The zero-order chi connectivity index (χ0) is 11.2. The molecular formula is C9H16F2O3. The van der Waals surface area contributed by atoms with E-state index in [1.54, 1.807) is 13.8 Å². The van der Waals surface area contributed by atoms with Gasteiger partial charge in [-0.3, -0.25) is 4.79 Å². The van der Waals surface area contributed by atoms with Crippen LogP contribution in [0.2, 0.25) is 0 Å². The summed E-state index contributed by atoms with van der Waals surface area (Å²) in [6.07, 6.45) is -1.81. The Balaban J connectivity index is 4.16. The lowest BCUT2D eigenvalue weighted by Crippen LogP contribution is -2.35. The van der Waals surface area contributed by atoms with E-state index in [-0.39, 0.29) is 13.2 Å². The van der Waals surface area contributed by atoms with Crippen LogP contribution >= 0.6 is 0 Å². The van der Waals surface area contributed by atoms with E-state index in [0.29, 0.717) is 0 Å². The predicted molar refractivity (Wildman–Crippen MR) is 47.3 cm³/mol. The zero-order valence-electron chi connectivity index (χ0n) is 8.68. The average molecular weight is 210 g/mol. The highest BCUT2D eigenvalue weighted by atomic mass is 19.3. The zero-order valence-corrected chi connectivity index (χ0v) is 8.68. The summed E-state index contributed by atoms with van der Waals surface area (Å²) >= 11 is 0. The van der Waals surface area contributed by atoms with Gasteiger partial charge in [0.2, 0.25) is 0 Å². The molecule has 0 fully saturated rings. The van der Waals surface area contributed by atoms with Gasteiger partial charge in [-0.2, -0.15) is 0 Å². The van der Waals surface area contributed by atoms with E-state index in [1.165, 1.54) is 0 Å². The molecule has 0 aromatic heterocycles.